The van der Waals surface area contributed by atoms with Crippen molar-refractivity contribution in [2.24, 2.45) is 0 Å². The van der Waals surface area contributed by atoms with E-state index in [0.29, 0.717) is 5.69 Å². The van der Waals surface area contributed by atoms with Crippen molar-refractivity contribution in [1.82, 2.24) is 0 Å². The number of benzene rings is 1. The summed E-state index contributed by atoms with van der Waals surface area (Å²) in [5.41, 5.74) is 6.24. The van der Waals surface area contributed by atoms with Gasteiger partial charge in [0.15, 0.2) is 0 Å². The molecule has 0 aliphatic rings. The summed E-state index contributed by atoms with van der Waals surface area (Å²) < 4.78 is 12.9. The predicted molar refractivity (Wildman–Crippen MR) is 54.2 cm³/mol. The van der Waals surface area contributed by atoms with E-state index in [1.807, 2.05) is 13.3 Å². The van der Waals surface area contributed by atoms with E-state index in [9.17, 15) is 4.39 Å². The Hall–Kier alpha value is -0.330. The molecule has 0 spiro atoms. The van der Waals surface area contributed by atoms with Crippen LogP contribution in [0.1, 0.15) is 0 Å². The van der Waals surface area contributed by atoms with Crippen LogP contribution in [-0.4, -0.2) is 13.3 Å². The predicted octanol–water partition coefficient (Wildman–Crippen LogP) is 2.43. The van der Waals surface area contributed by atoms with Gasteiger partial charge in [-0.1, -0.05) is 19.5 Å². The van der Waals surface area contributed by atoms with Gasteiger partial charge in [-0.2, -0.15) is 0 Å². The first-order valence-electron chi connectivity index (χ1n) is 3.45. The summed E-state index contributed by atoms with van der Waals surface area (Å²) in [5.74, 6) is -0.392. The Bertz CT molecular complexity index is 301. The van der Waals surface area contributed by atoms with Crippen LogP contribution in [0.5, 0.6) is 0 Å². The summed E-state index contributed by atoms with van der Waals surface area (Å²) in [6.07, 6.45) is 0. The van der Waals surface area contributed by atoms with Gasteiger partial charge in [0.05, 0.1) is 5.02 Å². The summed E-state index contributed by atoms with van der Waals surface area (Å²) in [6, 6.07) is 2.85. The Balaban J connectivity index is 3.33. The van der Waals surface area contributed by atoms with E-state index in [1.54, 1.807) is 6.07 Å². The smallest absolute Gasteiger partial charge is 0.142 e. The fourth-order valence-corrected chi connectivity index (χ4v) is 2.78. The summed E-state index contributed by atoms with van der Waals surface area (Å²) in [4.78, 5) is 0. The summed E-state index contributed by atoms with van der Waals surface area (Å²) in [7, 11) is -0.450. The maximum absolute atomic E-state index is 12.9. The molecule has 0 saturated carbocycles. The van der Waals surface area contributed by atoms with Crippen LogP contribution in [0.3, 0.4) is 0 Å². The second kappa shape index (κ2) is 3.59. The Morgan fingerprint density at radius 2 is 2.00 bits per heavy atom. The number of nitrogen functional groups attached to an aromatic ring is 1. The normalized spacial score (nSPS) is 10.8. The average Bonchev–Trinajstić information content (AvgIpc) is 1.97. The summed E-state index contributed by atoms with van der Waals surface area (Å²) >= 11 is 5.75. The molecule has 0 saturated heterocycles. The number of hydrogen-bond acceptors (Lipinski definition) is 1. The third kappa shape index (κ3) is 1.70. The molecule has 66 valence electrons. The third-order valence-corrected chi connectivity index (χ3v) is 3.42. The van der Waals surface area contributed by atoms with E-state index < -0.39 is 13.7 Å². The number of hydrogen-bond donors (Lipinski definition) is 1. The highest BCUT2D eigenvalue weighted by Gasteiger charge is 2.12. The van der Waals surface area contributed by atoms with Crippen molar-refractivity contribution in [3.63, 3.8) is 0 Å². The highest BCUT2D eigenvalue weighted by molar-refractivity contribution is 7.64. The van der Waals surface area contributed by atoms with Gasteiger partial charge < -0.3 is 5.73 Å². The molecule has 12 heavy (non-hydrogen) atoms. The molecular formula is C8H10ClFNP. The molecule has 0 radical (unpaired) electrons. The first-order chi connectivity index (χ1) is 5.54. The highest BCUT2D eigenvalue weighted by atomic mass is 35.5. The molecule has 0 heterocycles. The van der Waals surface area contributed by atoms with E-state index in [4.69, 9.17) is 17.3 Å². The largest absolute Gasteiger partial charge is 0.398 e. The SMILES string of the molecule is CP(C)c1c(N)ccc(F)c1Cl. The first kappa shape index (κ1) is 9.76. The van der Waals surface area contributed by atoms with Crippen LogP contribution < -0.4 is 11.0 Å². The molecule has 2 N–H and O–H groups in total. The van der Waals surface area contributed by atoms with E-state index >= 15 is 0 Å². The molecule has 1 nitrogen and oxygen atoms in total. The lowest BCUT2D eigenvalue weighted by atomic mass is 10.3. The van der Waals surface area contributed by atoms with Crippen LogP contribution in [0.25, 0.3) is 0 Å². The maximum Gasteiger partial charge on any atom is 0.142 e. The minimum absolute atomic E-state index is 0.172. The first-order valence-corrected chi connectivity index (χ1v) is 6.06. The lowest BCUT2D eigenvalue weighted by Gasteiger charge is -2.11. The topological polar surface area (TPSA) is 26.0 Å². The Kier molecular flexibility index (Phi) is 2.92. The number of halogens is 2. The standard InChI is InChI=1S/C8H10ClFNP/c1-12(2)8-6(11)4-3-5(10)7(8)9/h3-4H,11H2,1-2H3. The van der Waals surface area contributed by atoms with Gasteiger partial charge in [-0.3, -0.25) is 0 Å². The quantitative estimate of drug-likeness (QED) is 0.553. The second-order valence-corrected chi connectivity index (χ2v) is 5.31. The zero-order chi connectivity index (χ0) is 9.30. The molecule has 1 aromatic rings. The lowest BCUT2D eigenvalue weighted by molar-refractivity contribution is 0.629. The molecular weight excluding hydrogens is 196 g/mol. The van der Waals surface area contributed by atoms with E-state index in [-0.39, 0.29) is 5.02 Å². The molecule has 1 rings (SSSR count). The lowest BCUT2D eigenvalue weighted by Crippen LogP contribution is -2.09. The summed E-state index contributed by atoms with van der Waals surface area (Å²) in [5, 5.41) is 0.928. The van der Waals surface area contributed by atoms with Crippen molar-refractivity contribution in [2.75, 3.05) is 19.1 Å². The molecule has 0 unspecified atom stereocenters. The van der Waals surface area contributed by atoms with E-state index in [0.717, 1.165) is 5.30 Å². The Morgan fingerprint density at radius 3 is 2.42 bits per heavy atom. The van der Waals surface area contributed by atoms with Gasteiger partial charge in [0.25, 0.3) is 0 Å². The van der Waals surface area contributed by atoms with Gasteiger partial charge in [-0.05, 0) is 25.5 Å². The Labute approximate surface area is 77.5 Å². The van der Waals surface area contributed by atoms with Crippen LogP contribution in [0.4, 0.5) is 10.1 Å². The Morgan fingerprint density at radius 1 is 1.42 bits per heavy atom. The van der Waals surface area contributed by atoms with Gasteiger partial charge in [-0.15, -0.1) is 0 Å². The van der Waals surface area contributed by atoms with Crippen molar-refractivity contribution < 1.29 is 4.39 Å². The zero-order valence-corrected chi connectivity index (χ0v) is 8.59. The highest BCUT2D eigenvalue weighted by Crippen LogP contribution is 2.32. The van der Waals surface area contributed by atoms with Gasteiger partial charge in [0, 0.05) is 11.0 Å². The summed E-state index contributed by atoms with van der Waals surface area (Å²) in [6.45, 7) is 3.98. The van der Waals surface area contributed by atoms with Gasteiger partial charge in [-0.25, -0.2) is 4.39 Å². The van der Waals surface area contributed by atoms with E-state index in [1.165, 1.54) is 6.07 Å². The van der Waals surface area contributed by atoms with Gasteiger partial charge in [0.2, 0.25) is 0 Å². The van der Waals surface area contributed by atoms with Crippen molar-refractivity contribution in [2.45, 2.75) is 0 Å². The molecule has 0 bridgehead atoms. The average molecular weight is 206 g/mol. The fourth-order valence-electron chi connectivity index (χ4n) is 1.01. The monoisotopic (exact) mass is 205 g/mol. The molecule has 0 fully saturated rings. The van der Waals surface area contributed by atoms with Crippen molar-refractivity contribution in [3.05, 3.63) is 23.0 Å². The van der Waals surface area contributed by atoms with Crippen molar-refractivity contribution in [3.8, 4) is 0 Å². The third-order valence-electron chi connectivity index (χ3n) is 1.55. The molecule has 1 aromatic carbocycles. The van der Waals surface area contributed by atoms with Gasteiger partial charge in [0.1, 0.15) is 5.82 Å². The molecule has 4 heteroatoms. The molecule has 0 aliphatic heterocycles. The van der Waals surface area contributed by atoms with Crippen molar-refractivity contribution >= 4 is 30.5 Å². The molecule has 0 atom stereocenters. The van der Waals surface area contributed by atoms with Crippen LogP contribution in [0, 0.1) is 5.82 Å². The molecule has 0 aliphatic carbocycles. The second-order valence-electron chi connectivity index (χ2n) is 2.69. The maximum atomic E-state index is 12.9. The fraction of sp³-hybridized carbons (Fsp3) is 0.250. The minimum Gasteiger partial charge on any atom is -0.398 e. The van der Waals surface area contributed by atoms with Gasteiger partial charge >= 0.3 is 0 Å². The van der Waals surface area contributed by atoms with Crippen LogP contribution >= 0.6 is 19.5 Å². The van der Waals surface area contributed by atoms with E-state index in [2.05, 4.69) is 0 Å². The van der Waals surface area contributed by atoms with Crippen molar-refractivity contribution in [1.29, 1.82) is 0 Å². The molecule has 0 aromatic heterocycles. The number of nitrogens with two attached hydrogens (primary N) is 1. The van der Waals surface area contributed by atoms with Crippen LogP contribution in [0.15, 0.2) is 12.1 Å². The minimum atomic E-state index is -0.450. The zero-order valence-electron chi connectivity index (χ0n) is 6.94. The molecule has 0 amide bonds. The number of rotatable bonds is 1. The number of anilines is 1. The van der Waals surface area contributed by atoms with Crippen LogP contribution in [0.2, 0.25) is 5.02 Å². The van der Waals surface area contributed by atoms with Crippen LogP contribution in [-0.2, 0) is 0 Å².